The van der Waals surface area contributed by atoms with Gasteiger partial charge in [0.15, 0.2) is 0 Å². The van der Waals surface area contributed by atoms with Crippen LogP contribution in [-0.2, 0) is 73.6 Å². The van der Waals surface area contributed by atoms with Gasteiger partial charge in [0.25, 0.3) is 0 Å². The number of fused-ring (bicyclic) bond motifs is 1. The summed E-state index contributed by atoms with van der Waals surface area (Å²) in [6, 6.07) is 8.53. The van der Waals surface area contributed by atoms with Crippen molar-refractivity contribution in [1.29, 1.82) is 0 Å². The van der Waals surface area contributed by atoms with Crippen molar-refractivity contribution < 1.29 is 63.3 Å². The molecule has 3 heterocycles. The smallest absolute Gasteiger partial charge is 0.326 e. The summed E-state index contributed by atoms with van der Waals surface area (Å²) >= 11 is 0. The molecule has 0 saturated carbocycles. The van der Waals surface area contributed by atoms with Crippen molar-refractivity contribution in [2.24, 2.45) is 17.2 Å². The molecule has 20 N–H and O–H groups in total. The van der Waals surface area contributed by atoms with Gasteiger partial charge < -0.3 is 90.3 Å². The number of H-pyrrole nitrogens is 2. The second-order valence-corrected chi connectivity index (χ2v) is 21.3. The van der Waals surface area contributed by atoms with Gasteiger partial charge in [-0.2, -0.15) is 0 Å². The molecule has 5 aromatic rings. The monoisotopic (exact) mass is 1210 g/mol. The number of phenolic OH excluding ortho intramolecular Hbond substituents is 1. The number of amides is 9. The van der Waals surface area contributed by atoms with Gasteiger partial charge >= 0.3 is 5.97 Å². The average molecular weight is 1210 g/mol. The van der Waals surface area contributed by atoms with Crippen LogP contribution in [0.2, 0.25) is 0 Å². The van der Waals surface area contributed by atoms with Crippen molar-refractivity contribution in [2.45, 2.75) is 138 Å². The number of imidazole rings is 1. The SMILES string of the molecule is NCCCC[C@H](NC(=O)[C@H](CO)NC(=O)[C@H](Cc1ccccc1)NC(=O)[C@H](CC(N)=O)NC(=O)[C@H](Cc1c[nH]c2ccccc12)NC(=O)[C@H](CCCCN)NC(=O)[C@H](Cc1cnc[nH]1)NC(=O)[C@@H]1CCCN1)C(=O)N[C@@H](Cc1ccc(O)cc1)C(=O)O. The van der Waals surface area contributed by atoms with Crippen LogP contribution in [0.3, 0.4) is 0 Å². The van der Waals surface area contributed by atoms with Crippen LogP contribution in [0.25, 0.3) is 10.9 Å². The number of aliphatic carboxylic acids is 1. The van der Waals surface area contributed by atoms with Gasteiger partial charge in [0.2, 0.25) is 53.2 Å². The van der Waals surface area contributed by atoms with Crippen LogP contribution in [0, 0.1) is 0 Å². The molecule has 9 amide bonds. The van der Waals surface area contributed by atoms with E-state index in [9.17, 15) is 63.3 Å². The third-order valence-corrected chi connectivity index (χ3v) is 14.6. The van der Waals surface area contributed by atoms with Gasteiger partial charge in [-0.05, 0) is 106 Å². The van der Waals surface area contributed by atoms with E-state index in [1.165, 1.54) is 36.8 Å². The summed E-state index contributed by atoms with van der Waals surface area (Å²) in [5, 5.41) is 54.7. The lowest BCUT2D eigenvalue weighted by molar-refractivity contribution is -0.142. The zero-order valence-electron chi connectivity index (χ0n) is 48.1. The lowest BCUT2D eigenvalue weighted by Gasteiger charge is -2.28. The first-order valence-electron chi connectivity index (χ1n) is 28.9. The lowest BCUT2D eigenvalue weighted by atomic mass is 10.0. The van der Waals surface area contributed by atoms with Crippen molar-refractivity contribution >= 4 is 70.0 Å². The minimum absolute atomic E-state index is 0.0127. The number of carbonyl (C=O) groups excluding carboxylic acids is 9. The number of hydrogen-bond donors (Lipinski definition) is 17. The van der Waals surface area contributed by atoms with Crippen molar-refractivity contribution in [2.75, 3.05) is 26.2 Å². The molecule has 0 aliphatic carbocycles. The van der Waals surface area contributed by atoms with Gasteiger partial charge in [-0.1, -0.05) is 60.7 Å². The predicted octanol–water partition coefficient (Wildman–Crippen LogP) is -2.29. The van der Waals surface area contributed by atoms with E-state index in [1.807, 2.05) is 0 Å². The normalized spacial score (nSPS) is 15.6. The van der Waals surface area contributed by atoms with Crippen LogP contribution in [0.4, 0.5) is 0 Å². The van der Waals surface area contributed by atoms with Gasteiger partial charge in [0.05, 0.1) is 25.4 Å². The number of nitrogens with two attached hydrogens (primary N) is 3. The van der Waals surface area contributed by atoms with Gasteiger partial charge in [-0.3, -0.25) is 43.2 Å². The topological polar surface area (TPSA) is 462 Å². The molecule has 0 unspecified atom stereocenters. The highest BCUT2D eigenvalue weighted by molar-refractivity contribution is 5.99. The molecule has 3 aromatic carbocycles. The maximum Gasteiger partial charge on any atom is 0.326 e. The predicted molar refractivity (Wildman–Crippen MR) is 317 cm³/mol. The Morgan fingerprint density at radius 3 is 1.63 bits per heavy atom. The summed E-state index contributed by atoms with van der Waals surface area (Å²) < 4.78 is 0. The molecule has 6 rings (SSSR count). The molecule has 0 radical (unpaired) electrons. The Kier molecular flexibility index (Phi) is 26.2. The summed E-state index contributed by atoms with van der Waals surface area (Å²) in [7, 11) is 0. The Balaban J connectivity index is 1.22. The largest absolute Gasteiger partial charge is 0.508 e. The van der Waals surface area contributed by atoms with Crippen LogP contribution < -0.4 is 65.1 Å². The second-order valence-electron chi connectivity index (χ2n) is 21.3. The minimum atomic E-state index is -1.81. The maximum atomic E-state index is 14.8. The molecule has 87 heavy (non-hydrogen) atoms. The highest BCUT2D eigenvalue weighted by Crippen LogP contribution is 2.20. The maximum absolute atomic E-state index is 14.8. The van der Waals surface area contributed by atoms with Crippen LogP contribution in [0.1, 0.15) is 80.2 Å². The van der Waals surface area contributed by atoms with Gasteiger partial charge in [-0.25, -0.2) is 9.78 Å². The fourth-order valence-electron chi connectivity index (χ4n) is 9.90. The van der Waals surface area contributed by atoms with Crippen molar-refractivity contribution in [1.82, 2.24) is 62.8 Å². The first kappa shape index (κ1) is 66.9. The summed E-state index contributed by atoms with van der Waals surface area (Å²) in [5.41, 5.74) is 19.9. The average Bonchev–Trinajstić information content (AvgIpc) is 4.28. The molecule has 0 bridgehead atoms. The molecule has 28 nitrogen and oxygen atoms in total. The summed E-state index contributed by atoms with van der Waals surface area (Å²) in [6.45, 7) is 0.0811. The van der Waals surface area contributed by atoms with E-state index in [0.717, 1.165) is 6.42 Å². The number of nitrogens with one attached hydrogen (secondary N) is 11. The highest BCUT2D eigenvalue weighted by atomic mass is 16.4. The highest BCUT2D eigenvalue weighted by Gasteiger charge is 2.36. The Morgan fingerprint density at radius 2 is 1.07 bits per heavy atom. The van der Waals surface area contributed by atoms with Crippen molar-refractivity contribution in [3.63, 3.8) is 0 Å². The van der Waals surface area contributed by atoms with Crippen LogP contribution >= 0.6 is 0 Å². The Labute approximate surface area is 501 Å². The number of aliphatic hydroxyl groups is 1. The molecule has 2 aromatic heterocycles. The van der Waals surface area contributed by atoms with Crippen LogP contribution in [-0.4, -0.2) is 170 Å². The number of hydrogen-bond acceptors (Lipinski definition) is 16. The second kappa shape index (κ2) is 34.0. The number of benzene rings is 3. The molecule has 0 spiro atoms. The van der Waals surface area contributed by atoms with Crippen molar-refractivity contribution in [3.8, 4) is 5.75 Å². The van der Waals surface area contributed by atoms with E-state index in [2.05, 4.69) is 62.8 Å². The number of aliphatic hydroxyl groups excluding tert-OH is 1. The van der Waals surface area contributed by atoms with Gasteiger partial charge in [0, 0.05) is 54.7 Å². The molecular formula is C59H79N15O13. The lowest BCUT2D eigenvalue weighted by Crippen LogP contribution is -2.61. The summed E-state index contributed by atoms with van der Waals surface area (Å²) in [4.78, 5) is 149. The number of nitrogens with zero attached hydrogens (tertiary/aromatic N) is 1. The van der Waals surface area contributed by atoms with E-state index >= 15 is 0 Å². The summed E-state index contributed by atoms with van der Waals surface area (Å²) in [5.74, 6) is -9.54. The first-order chi connectivity index (χ1) is 41.8. The number of aromatic hydroxyl groups is 1. The molecule has 9 atom stereocenters. The van der Waals surface area contributed by atoms with E-state index in [-0.39, 0.29) is 57.4 Å². The number of rotatable bonds is 36. The fourth-order valence-corrected chi connectivity index (χ4v) is 9.90. The van der Waals surface area contributed by atoms with E-state index in [4.69, 9.17) is 17.2 Å². The minimum Gasteiger partial charge on any atom is -0.508 e. The molecule has 28 heteroatoms. The number of carboxylic acid groups (broad SMARTS) is 1. The number of unbranched alkanes of at least 4 members (excludes halogenated alkanes) is 2. The van der Waals surface area contributed by atoms with Gasteiger partial charge in [0.1, 0.15) is 54.1 Å². The fraction of sp³-hybridized carbons (Fsp3) is 0.441. The zero-order chi connectivity index (χ0) is 62.8. The number of primary amides is 1. The van der Waals surface area contributed by atoms with Crippen LogP contribution in [0.15, 0.2) is 97.6 Å². The van der Waals surface area contributed by atoms with E-state index in [0.29, 0.717) is 71.9 Å². The molecule has 468 valence electrons. The zero-order valence-corrected chi connectivity index (χ0v) is 48.1. The number of aromatic amines is 2. The number of aromatic nitrogens is 3. The third-order valence-electron chi connectivity index (χ3n) is 14.6. The first-order valence-corrected chi connectivity index (χ1v) is 28.9. The van der Waals surface area contributed by atoms with E-state index < -0.39 is 127 Å². The quantitative estimate of drug-likeness (QED) is 0.0188. The molecule has 1 saturated heterocycles. The Morgan fingerprint density at radius 1 is 0.563 bits per heavy atom. The standard InChI is InChI=1S/C59H79N15O13/c60-22-8-6-15-42(67-56(83)46(28-37-31-63-33-66-37)71-51(78)41-17-10-24-64-41)52(79)70-45(27-36-30-65-40-14-5-4-13-39(36)40)55(82)72-47(29-50(62)77)57(84)69-44(25-34-11-2-1-3-12-34)54(81)74-49(32-75)58(85)68-43(16-7-9-23-61)53(80)73-48(59(86)87)26-35-18-20-38(76)21-19-35/h1-5,11-14,18-21,30-31,33,41-49,64-65,75-76H,6-10,15-17,22-29,32,60-61H2,(H2,62,77)(H,63,66)(H,67,83)(H,68,85)(H,69,84)(H,70,79)(H,71,78)(H,72,82)(H,73,80)(H,74,81)(H,86,87)/t41-,42-,43-,44-,45-,46-,47-,48-,49-/m0/s1. The molecule has 1 fully saturated rings. The molecular weight excluding hydrogens is 1130 g/mol. The number of carbonyl (C=O) groups is 10. The molecule has 1 aliphatic heterocycles. The van der Waals surface area contributed by atoms with Crippen molar-refractivity contribution in [3.05, 3.63) is 120 Å². The van der Waals surface area contributed by atoms with E-state index in [1.54, 1.807) is 60.8 Å². The Hall–Kier alpha value is -9.25. The van der Waals surface area contributed by atoms with Gasteiger partial charge in [-0.15, -0.1) is 0 Å². The number of carboxylic acids is 1. The number of para-hydroxylation sites is 1. The molecule has 1 aliphatic rings. The number of phenols is 1. The summed E-state index contributed by atoms with van der Waals surface area (Å²) in [6.07, 6.45) is 5.92. The Bertz CT molecular complexity index is 3100. The third kappa shape index (κ3) is 21.0. The van der Waals surface area contributed by atoms with Crippen LogP contribution in [0.5, 0.6) is 5.75 Å².